The molecule has 1 aliphatic carbocycles. The van der Waals surface area contributed by atoms with Gasteiger partial charge in [-0.1, -0.05) is 37.0 Å². The quantitative estimate of drug-likeness (QED) is 0.550. The summed E-state index contributed by atoms with van der Waals surface area (Å²) in [5.74, 6) is -4.83. The molecule has 0 N–H and O–H groups in total. The molecule has 0 bridgehead atoms. The molecule has 0 unspecified atom stereocenters. The average Bonchev–Trinajstić information content (AvgIpc) is 2.96. The van der Waals surface area contributed by atoms with Crippen LogP contribution in [0.15, 0.2) is 16.6 Å². The largest absolute Gasteiger partial charge is 0.460 e. The van der Waals surface area contributed by atoms with E-state index in [1.165, 1.54) is 13.0 Å². The third kappa shape index (κ3) is 3.50. The fraction of sp³-hybridized carbons (Fsp3) is 0.438. The Kier molecular flexibility index (Phi) is 5.02. The Bertz CT molecular complexity index is 656. The number of carbonyl (C=O) groups is 1. The van der Waals surface area contributed by atoms with Gasteiger partial charge in [-0.05, 0) is 36.0 Å². The smallest absolute Gasteiger partial charge is 0.310 e. The Labute approximate surface area is 142 Å². The third-order valence-corrected chi connectivity index (χ3v) is 4.51. The van der Waals surface area contributed by atoms with Gasteiger partial charge in [0.1, 0.15) is 16.9 Å². The summed E-state index contributed by atoms with van der Waals surface area (Å²) in [6, 6.07) is 0.753. The number of rotatable bonds is 4. The Morgan fingerprint density at radius 2 is 1.91 bits per heavy atom. The first kappa shape index (κ1) is 18.1. The second kappa shape index (κ2) is 6.36. The highest BCUT2D eigenvalue weighted by molar-refractivity contribution is 6.55. The van der Waals surface area contributed by atoms with Crippen LogP contribution in [-0.4, -0.2) is 5.97 Å². The van der Waals surface area contributed by atoms with Crippen molar-refractivity contribution in [2.75, 3.05) is 0 Å². The highest BCUT2D eigenvalue weighted by atomic mass is 35.5. The van der Waals surface area contributed by atoms with Crippen molar-refractivity contribution in [3.05, 3.63) is 45.2 Å². The van der Waals surface area contributed by atoms with Crippen LogP contribution in [-0.2, 0) is 16.1 Å². The van der Waals surface area contributed by atoms with Crippen molar-refractivity contribution in [2.24, 2.45) is 17.3 Å². The SMILES string of the molecule is Cc1cc(F)c(F)c(COC(=O)[C@@H]2[C@@H](C=C(Cl)Cl)C2(C)C)c1F. The minimum Gasteiger partial charge on any atom is -0.460 e. The summed E-state index contributed by atoms with van der Waals surface area (Å²) in [7, 11) is 0. The van der Waals surface area contributed by atoms with E-state index in [9.17, 15) is 18.0 Å². The van der Waals surface area contributed by atoms with E-state index in [1.54, 1.807) is 0 Å². The molecule has 0 saturated heterocycles. The van der Waals surface area contributed by atoms with Gasteiger partial charge in [0, 0.05) is 0 Å². The predicted molar refractivity (Wildman–Crippen MR) is 81.4 cm³/mol. The molecule has 2 nitrogen and oxygen atoms in total. The molecule has 0 aliphatic heterocycles. The van der Waals surface area contributed by atoms with Gasteiger partial charge in [-0.25, -0.2) is 13.2 Å². The zero-order valence-electron chi connectivity index (χ0n) is 12.7. The van der Waals surface area contributed by atoms with Crippen molar-refractivity contribution in [3.63, 3.8) is 0 Å². The molecular weight excluding hydrogens is 352 g/mol. The van der Waals surface area contributed by atoms with Crippen LogP contribution < -0.4 is 0 Å². The number of ether oxygens (including phenoxy) is 1. The van der Waals surface area contributed by atoms with Crippen molar-refractivity contribution in [1.82, 2.24) is 0 Å². The predicted octanol–water partition coefficient (Wildman–Crippen LogP) is 5.05. The highest BCUT2D eigenvalue weighted by Gasteiger charge is 2.61. The zero-order valence-corrected chi connectivity index (χ0v) is 14.2. The van der Waals surface area contributed by atoms with Crippen molar-refractivity contribution in [1.29, 1.82) is 0 Å². The molecule has 0 heterocycles. The Hall–Kier alpha value is -1.20. The van der Waals surface area contributed by atoms with Crippen LogP contribution in [0.2, 0.25) is 0 Å². The van der Waals surface area contributed by atoms with Gasteiger partial charge in [-0.2, -0.15) is 0 Å². The Morgan fingerprint density at radius 3 is 2.48 bits per heavy atom. The van der Waals surface area contributed by atoms with Gasteiger partial charge in [-0.3, -0.25) is 4.79 Å². The molecular formula is C16H15Cl2F3O2. The normalized spacial score (nSPS) is 21.7. The summed E-state index contributed by atoms with van der Waals surface area (Å²) >= 11 is 11.2. The summed E-state index contributed by atoms with van der Waals surface area (Å²) in [5, 5.41) is 0. The minimum absolute atomic E-state index is 0.0382. The maximum absolute atomic E-state index is 13.9. The van der Waals surface area contributed by atoms with Gasteiger partial charge < -0.3 is 4.74 Å². The number of hydrogen-bond donors (Lipinski definition) is 0. The lowest BCUT2D eigenvalue weighted by Crippen LogP contribution is -2.13. The van der Waals surface area contributed by atoms with E-state index in [2.05, 4.69) is 0 Å². The molecule has 0 spiro atoms. The van der Waals surface area contributed by atoms with E-state index in [0.717, 1.165) is 6.07 Å². The molecule has 1 fully saturated rings. The van der Waals surface area contributed by atoms with Crippen molar-refractivity contribution in [2.45, 2.75) is 27.4 Å². The zero-order chi connectivity index (χ0) is 17.5. The molecule has 1 saturated carbocycles. The number of esters is 1. The van der Waals surface area contributed by atoms with E-state index in [1.807, 2.05) is 13.8 Å². The highest BCUT2D eigenvalue weighted by Crippen LogP contribution is 2.60. The fourth-order valence-corrected chi connectivity index (χ4v) is 3.00. The minimum atomic E-state index is -1.35. The van der Waals surface area contributed by atoms with Crippen molar-refractivity contribution < 1.29 is 22.7 Å². The molecule has 1 aromatic rings. The van der Waals surface area contributed by atoms with Crippen LogP contribution >= 0.6 is 23.2 Å². The van der Waals surface area contributed by atoms with Crippen molar-refractivity contribution in [3.8, 4) is 0 Å². The van der Waals surface area contributed by atoms with Crippen LogP contribution in [0.4, 0.5) is 13.2 Å². The fourth-order valence-electron chi connectivity index (χ4n) is 2.73. The number of carbonyl (C=O) groups excluding carboxylic acids is 1. The summed E-state index contributed by atoms with van der Waals surface area (Å²) in [6.45, 7) is 4.28. The topological polar surface area (TPSA) is 26.3 Å². The maximum Gasteiger partial charge on any atom is 0.310 e. The van der Waals surface area contributed by atoms with Crippen LogP contribution in [0.1, 0.15) is 25.0 Å². The summed E-state index contributed by atoms with van der Waals surface area (Å²) in [6.07, 6.45) is 1.53. The molecule has 126 valence electrons. The number of aryl methyl sites for hydroxylation is 1. The van der Waals surface area contributed by atoms with Crippen LogP contribution in [0.25, 0.3) is 0 Å². The van der Waals surface area contributed by atoms with E-state index >= 15 is 0 Å². The number of benzene rings is 1. The van der Waals surface area contributed by atoms with Crippen LogP contribution in [0, 0.1) is 41.6 Å². The first-order valence-corrected chi connectivity index (χ1v) is 7.65. The summed E-state index contributed by atoms with van der Waals surface area (Å²) in [5.41, 5.74) is -1.07. The second-order valence-electron chi connectivity index (χ2n) is 6.17. The van der Waals surface area contributed by atoms with Gasteiger partial charge in [0.25, 0.3) is 0 Å². The second-order valence-corrected chi connectivity index (χ2v) is 7.18. The van der Waals surface area contributed by atoms with E-state index in [4.69, 9.17) is 27.9 Å². The molecule has 0 radical (unpaired) electrons. The standard InChI is InChI=1S/C16H15Cl2F3O2/c1-7-4-10(19)14(21)8(13(7)20)6-23-15(22)12-9(5-11(17)18)16(12,2)3/h4-5,9,12H,6H2,1-3H3/t9-,12+/m1/s1. The molecule has 23 heavy (non-hydrogen) atoms. The first-order chi connectivity index (χ1) is 10.6. The van der Waals surface area contributed by atoms with Gasteiger partial charge in [0.05, 0.1) is 11.5 Å². The van der Waals surface area contributed by atoms with E-state index in [0.29, 0.717) is 0 Å². The average molecular weight is 367 g/mol. The molecule has 2 rings (SSSR count). The van der Waals surface area contributed by atoms with E-state index in [-0.39, 0.29) is 16.0 Å². The lowest BCUT2D eigenvalue weighted by atomic mass is 10.1. The number of allylic oxidation sites excluding steroid dienone is 1. The number of hydrogen-bond acceptors (Lipinski definition) is 2. The lowest BCUT2D eigenvalue weighted by molar-refractivity contribution is -0.147. The Balaban J connectivity index is 2.11. The van der Waals surface area contributed by atoms with E-state index < -0.39 is 46.9 Å². The number of halogens is 5. The summed E-state index contributed by atoms with van der Waals surface area (Å²) < 4.78 is 45.9. The Morgan fingerprint density at radius 1 is 1.30 bits per heavy atom. The monoisotopic (exact) mass is 366 g/mol. The lowest BCUT2D eigenvalue weighted by Gasteiger charge is -2.10. The molecule has 1 aliphatic rings. The third-order valence-electron chi connectivity index (χ3n) is 4.26. The summed E-state index contributed by atoms with van der Waals surface area (Å²) in [4.78, 5) is 12.1. The molecule has 7 heteroatoms. The van der Waals surface area contributed by atoms with Gasteiger partial charge in [-0.15, -0.1) is 0 Å². The van der Waals surface area contributed by atoms with Crippen molar-refractivity contribution >= 4 is 29.2 Å². The molecule has 1 aromatic carbocycles. The molecule has 2 atom stereocenters. The van der Waals surface area contributed by atoms with Crippen LogP contribution in [0.5, 0.6) is 0 Å². The van der Waals surface area contributed by atoms with Crippen LogP contribution in [0.3, 0.4) is 0 Å². The maximum atomic E-state index is 13.9. The van der Waals surface area contributed by atoms with Gasteiger partial charge >= 0.3 is 5.97 Å². The van der Waals surface area contributed by atoms with Gasteiger partial charge in [0.2, 0.25) is 0 Å². The molecule has 0 amide bonds. The first-order valence-electron chi connectivity index (χ1n) is 6.89. The molecule has 0 aromatic heterocycles. The van der Waals surface area contributed by atoms with Gasteiger partial charge in [0.15, 0.2) is 11.6 Å².